The lowest BCUT2D eigenvalue weighted by molar-refractivity contribution is -0.127. The molecule has 2 amide bonds. The summed E-state index contributed by atoms with van der Waals surface area (Å²) in [5.74, 6) is 0.121. The summed E-state index contributed by atoms with van der Waals surface area (Å²) in [4.78, 5) is 23.3. The molecule has 1 aliphatic carbocycles. The first-order chi connectivity index (χ1) is 8.30. The first kappa shape index (κ1) is 14.7. The van der Waals surface area contributed by atoms with Crippen LogP contribution in [0.15, 0.2) is 11.6 Å². The van der Waals surface area contributed by atoms with Gasteiger partial charge in [0, 0.05) is 6.54 Å². The van der Waals surface area contributed by atoms with Crippen molar-refractivity contribution >= 4 is 11.8 Å². The second-order valence-corrected chi connectivity index (χ2v) is 5.74. The molecule has 1 aliphatic rings. The molecule has 0 heterocycles. The molecule has 1 saturated carbocycles. The van der Waals surface area contributed by atoms with Crippen molar-refractivity contribution in [1.29, 1.82) is 0 Å². The lowest BCUT2D eigenvalue weighted by atomic mass is 10.1. The van der Waals surface area contributed by atoms with Gasteiger partial charge in [0.25, 0.3) is 0 Å². The number of rotatable bonds is 5. The van der Waals surface area contributed by atoms with Crippen molar-refractivity contribution in [3.63, 3.8) is 0 Å². The average Bonchev–Trinajstić information content (AvgIpc) is 2.76. The summed E-state index contributed by atoms with van der Waals surface area (Å²) < 4.78 is 0. The van der Waals surface area contributed by atoms with E-state index in [0.717, 1.165) is 0 Å². The lowest BCUT2D eigenvalue weighted by Gasteiger charge is -2.05. The van der Waals surface area contributed by atoms with E-state index in [1.165, 1.54) is 5.57 Å². The third kappa shape index (κ3) is 3.34. The maximum atomic E-state index is 12.0. The molecule has 1 rings (SSSR count). The number of hydrogen-bond acceptors (Lipinski definition) is 2. The van der Waals surface area contributed by atoms with Crippen molar-refractivity contribution in [3.05, 3.63) is 11.6 Å². The Morgan fingerprint density at radius 3 is 2.33 bits per heavy atom. The lowest BCUT2D eigenvalue weighted by Crippen LogP contribution is -2.38. The monoisotopic (exact) mass is 252 g/mol. The molecule has 1 fully saturated rings. The fourth-order valence-corrected chi connectivity index (χ4v) is 2.39. The Kier molecular flexibility index (Phi) is 4.54. The zero-order chi connectivity index (χ0) is 13.9. The minimum atomic E-state index is -0.136. The van der Waals surface area contributed by atoms with E-state index >= 15 is 0 Å². The highest BCUT2D eigenvalue weighted by atomic mass is 16.2. The van der Waals surface area contributed by atoms with Crippen LogP contribution >= 0.6 is 0 Å². The maximum absolute atomic E-state index is 12.0. The van der Waals surface area contributed by atoms with Crippen LogP contribution in [0, 0.1) is 17.3 Å². The fourth-order valence-electron chi connectivity index (χ4n) is 2.39. The molecule has 0 aliphatic heterocycles. The number of amides is 2. The Hall–Kier alpha value is -1.32. The van der Waals surface area contributed by atoms with Gasteiger partial charge in [0.15, 0.2) is 0 Å². The van der Waals surface area contributed by atoms with Crippen LogP contribution in [-0.2, 0) is 9.59 Å². The van der Waals surface area contributed by atoms with Crippen molar-refractivity contribution in [3.8, 4) is 0 Å². The van der Waals surface area contributed by atoms with Gasteiger partial charge >= 0.3 is 0 Å². The van der Waals surface area contributed by atoms with Gasteiger partial charge in [0.05, 0.1) is 12.5 Å². The molecule has 0 radical (unpaired) electrons. The van der Waals surface area contributed by atoms with Crippen LogP contribution in [0.4, 0.5) is 0 Å². The highest BCUT2D eigenvalue weighted by Crippen LogP contribution is 2.59. The summed E-state index contributed by atoms with van der Waals surface area (Å²) in [5.41, 5.74) is 1.23. The first-order valence-corrected chi connectivity index (χ1v) is 6.50. The van der Waals surface area contributed by atoms with Gasteiger partial charge in [-0.05, 0) is 32.1 Å². The van der Waals surface area contributed by atoms with Crippen LogP contribution in [-0.4, -0.2) is 24.9 Å². The van der Waals surface area contributed by atoms with Gasteiger partial charge < -0.3 is 10.6 Å². The third-order valence-corrected chi connectivity index (χ3v) is 3.50. The molecule has 2 atom stereocenters. The number of nitrogens with one attached hydrogen (secondary N) is 2. The van der Waals surface area contributed by atoms with Crippen molar-refractivity contribution in [1.82, 2.24) is 10.6 Å². The van der Waals surface area contributed by atoms with Crippen molar-refractivity contribution < 1.29 is 9.59 Å². The second-order valence-electron chi connectivity index (χ2n) is 5.74. The molecule has 0 spiro atoms. The second kappa shape index (κ2) is 5.55. The minimum absolute atomic E-state index is 0.00257. The fraction of sp³-hybridized carbons (Fsp3) is 0.714. The molecule has 18 heavy (non-hydrogen) atoms. The van der Waals surface area contributed by atoms with Gasteiger partial charge in [-0.2, -0.15) is 0 Å². The van der Waals surface area contributed by atoms with Crippen molar-refractivity contribution in [2.24, 2.45) is 17.3 Å². The molecule has 0 aromatic heterocycles. The summed E-state index contributed by atoms with van der Waals surface area (Å²) >= 11 is 0. The van der Waals surface area contributed by atoms with Gasteiger partial charge in [-0.25, -0.2) is 0 Å². The minimum Gasteiger partial charge on any atom is -0.355 e. The summed E-state index contributed by atoms with van der Waals surface area (Å²) in [6, 6.07) is 0. The summed E-state index contributed by atoms with van der Waals surface area (Å²) in [5, 5.41) is 5.37. The van der Waals surface area contributed by atoms with Crippen molar-refractivity contribution in [2.45, 2.75) is 34.6 Å². The van der Waals surface area contributed by atoms with Crippen LogP contribution in [0.3, 0.4) is 0 Å². The topological polar surface area (TPSA) is 58.2 Å². The number of likely N-dealkylation sites (N-methyl/N-ethyl adjacent to an activating group) is 1. The third-order valence-electron chi connectivity index (χ3n) is 3.50. The Labute approximate surface area is 109 Å². The number of carbonyl (C=O) groups is 2. The van der Waals surface area contributed by atoms with E-state index in [1.807, 2.05) is 20.8 Å². The SMILES string of the molecule is CCNC(=O)CNC(=O)C1C(C=C(C)C)C1(C)C. The first-order valence-electron chi connectivity index (χ1n) is 6.50. The summed E-state index contributed by atoms with van der Waals surface area (Å²) in [6.45, 7) is 10.8. The van der Waals surface area contributed by atoms with Crippen LogP contribution < -0.4 is 10.6 Å². The van der Waals surface area contributed by atoms with Crippen LogP contribution in [0.2, 0.25) is 0 Å². The Balaban J connectivity index is 2.49. The van der Waals surface area contributed by atoms with E-state index in [1.54, 1.807) is 0 Å². The quantitative estimate of drug-likeness (QED) is 0.728. The number of carbonyl (C=O) groups excluding carboxylic acids is 2. The smallest absolute Gasteiger partial charge is 0.239 e. The molecule has 2 unspecified atom stereocenters. The Bertz CT molecular complexity index is 368. The normalized spacial score (nSPS) is 24.1. The van der Waals surface area contributed by atoms with E-state index in [4.69, 9.17) is 0 Å². The van der Waals surface area contributed by atoms with Gasteiger partial charge in [-0.15, -0.1) is 0 Å². The standard InChI is InChI=1S/C14H24N2O2/c1-6-15-11(17)8-16-13(18)12-10(7-9(2)3)14(12,4)5/h7,10,12H,6,8H2,1-5H3,(H,15,17)(H,16,18). The highest BCUT2D eigenvalue weighted by molar-refractivity contribution is 5.88. The largest absolute Gasteiger partial charge is 0.355 e. The average molecular weight is 252 g/mol. The van der Waals surface area contributed by atoms with Crippen molar-refractivity contribution in [2.75, 3.05) is 13.1 Å². The van der Waals surface area contributed by atoms with E-state index in [9.17, 15) is 9.59 Å². The van der Waals surface area contributed by atoms with Crippen LogP contribution in [0.1, 0.15) is 34.6 Å². The summed E-state index contributed by atoms with van der Waals surface area (Å²) in [6.07, 6.45) is 2.15. The highest BCUT2D eigenvalue weighted by Gasteiger charge is 2.60. The molecule has 4 heteroatoms. The predicted molar refractivity (Wildman–Crippen MR) is 71.9 cm³/mol. The van der Waals surface area contributed by atoms with Crippen LogP contribution in [0.5, 0.6) is 0 Å². The van der Waals surface area contributed by atoms with E-state index < -0.39 is 0 Å². The Morgan fingerprint density at radius 2 is 1.83 bits per heavy atom. The van der Waals surface area contributed by atoms with E-state index in [-0.39, 0.29) is 35.6 Å². The summed E-state index contributed by atoms with van der Waals surface area (Å²) in [7, 11) is 0. The van der Waals surface area contributed by atoms with Gasteiger partial charge in [0.1, 0.15) is 0 Å². The molecule has 0 bridgehead atoms. The zero-order valence-electron chi connectivity index (χ0n) is 12.0. The van der Waals surface area contributed by atoms with Gasteiger partial charge in [0.2, 0.25) is 11.8 Å². The zero-order valence-corrected chi connectivity index (χ0v) is 12.0. The van der Waals surface area contributed by atoms with Crippen LogP contribution in [0.25, 0.3) is 0 Å². The van der Waals surface area contributed by atoms with E-state index in [2.05, 4.69) is 30.6 Å². The molecular formula is C14H24N2O2. The molecular weight excluding hydrogens is 228 g/mol. The Morgan fingerprint density at radius 1 is 1.22 bits per heavy atom. The van der Waals surface area contributed by atoms with E-state index in [0.29, 0.717) is 6.54 Å². The van der Waals surface area contributed by atoms with Gasteiger partial charge in [-0.1, -0.05) is 25.5 Å². The number of allylic oxidation sites excluding steroid dienone is 2. The molecule has 0 saturated heterocycles. The van der Waals surface area contributed by atoms with Gasteiger partial charge in [-0.3, -0.25) is 9.59 Å². The molecule has 102 valence electrons. The molecule has 0 aromatic carbocycles. The molecule has 4 nitrogen and oxygen atoms in total. The predicted octanol–water partition coefficient (Wildman–Crippen LogP) is 1.48. The maximum Gasteiger partial charge on any atom is 0.239 e. The molecule has 0 aromatic rings. The molecule has 2 N–H and O–H groups in total. The number of hydrogen-bond donors (Lipinski definition) is 2.